The summed E-state index contributed by atoms with van der Waals surface area (Å²) in [5, 5.41) is 7.94. The Morgan fingerprint density at radius 1 is 1.21 bits per heavy atom. The molecule has 5 rings (SSSR count). The lowest BCUT2D eigenvalue weighted by Crippen LogP contribution is -2.08. The third-order valence-corrected chi connectivity index (χ3v) is 5.17. The highest BCUT2D eigenvalue weighted by Crippen LogP contribution is 2.29. The summed E-state index contributed by atoms with van der Waals surface area (Å²) in [6, 6.07) is 8.27. The Labute approximate surface area is 163 Å². The molecule has 0 unspecified atom stereocenters. The van der Waals surface area contributed by atoms with Crippen LogP contribution in [0.4, 0.5) is 5.95 Å². The largest absolute Gasteiger partial charge is 0.493 e. The highest BCUT2D eigenvalue weighted by Gasteiger charge is 2.17. The summed E-state index contributed by atoms with van der Waals surface area (Å²) < 4.78 is 9.57. The summed E-state index contributed by atoms with van der Waals surface area (Å²) in [6.45, 7) is 5.43. The first-order valence-electron chi connectivity index (χ1n) is 9.43. The van der Waals surface area contributed by atoms with E-state index in [1.807, 2.05) is 54.5 Å². The van der Waals surface area contributed by atoms with E-state index in [1.165, 1.54) is 11.1 Å². The molecular weight excluding hydrogens is 352 g/mol. The highest BCUT2D eigenvalue weighted by molar-refractivity contribution is 5.76. The van der Waals surface area contributed by atoms with Crippen LogP contribution in [0, 0.1) is 13.8 Å². The number of anilines is 1. The van der Waals surface area contributed by atoms with Gasteiger partial charge in [-0.05, 0) is 31.5 Å². The van der Waals surface area contributed by atoms with Gasteiger partial charge in [0.1, 0.15) is 5.75 Å². The van der Waals surface area contributed by atoms with Crippen molar-refractivity contribution in [2.75, 3.05) is 11.9 Å². The van der Waals surface area contributed by atoms with E-state index in [4.69, 9.17) is 14.7 Å². The molecule has 7 nitrogen and oxygen atoms in total. The molecule has 28 heavy (non-hydrogen) atoms. The number of benzene rings is 1. The molecule has 0 saturated heterocycles. The number of fused-ring (bicyclic) bond motifs is 2. The summed E-state index contributed by atoms with van der Waals surface area (Å²) in [6.07, 6.45) is 4.84. The van der Waals surface area contributed by atoms with E-state index in [0.29, 0.717) is 6.54 Å². The van der Waals surface area contributed by atoms with Crippen molar-refractivity contribution in [3.05, 3.63) is 59.2 Å². The lowest BCUT2D eigenvalue weighted by molar-refractivity contribution is 0.357. The fourth-order valence-electron chi connectivity index (χ4n) is 3.90. The summed E-state index contributed by atoms with van der Waals surface area (Å²) in [5.41, 5.74) is 7.30. The van der Waals surface area contributed by atoms with Gasteiger partial charge in [-0.1, -0.05) is 12.1 Å². The Bertz CT molecular complexity index is 1190. The summed E-state index contributed by atoms with van der Waals surface area (Å²) in [7, 11) is 1.94. The zero-order valence-electron chi connectivity index (χ0n) is 16.2. The number of aryl methyl sites for hydroxylation is 3. The number of ether oxygens (including phenoxy) is 1. The zero-order chi connectivity index (χ0) is 19.3. The third-order valence-electron chi connectivity index (χ3n) is 5.17. The topological polar surface area (TPSA) is 69.3 Å². The van der Waals surface area contributed by atoms with Crippen molar-refractivity contribution in [3.8, 4) is 17.0 Å². The van der Waals surface area contributed by atoms with Gasteiger partial charge in [0.2, 0.25) is 5.95 Å². The van der Waals surface area contributed by atoms with Crippen LogP contribution in [0.5, 0.6) is 5.75 Å². The van der Waals surface area contributed by atoms with Crippen LogP contribution in [0.2, 0.25) is 0 Å². The molecule has 4 aromatic rings. The second-order valence-electron chi connectivity index (χ2n) is 7.21. The van der Waals surface area contributed by atoms with E-state index < -0.39 is 0 Å². The lowest BCUT2D eigenvalue weighted by Gasteiger charge is -2.12. The van der Waals surface area contributed by atoms with E-state index in [2.05, 4.69) is 22.5 Å². The van der Waals surface area contributed by atoms with Crippen molar-refractivity contribution in [2.45, 2.75) is 26.8 Å². The van der Waals surface area contributed by atoms with Crippen molar-refractivity contribution in [3.63, 3.8) is 0 Å². The average Bonchev–Trinajstić information content (AvgIpc) is 3.37. The first kappa shape index (κ1) is 16.8. The van der Waals surface area contributed by atoms with Gasteiger partial charge in [0.15, 0.2) is 5.65 Å². The smallest absolute Gasteiger partial charge is 0.208 e. The van der Waals surface area contributed by atoms with E-state index in [-0.39, 0.29) is 0 Å². The Balaban J connectivity index is 1.52. The van der Waals surface area contributed by atoms with Gasteiger partial charge in [0, 0.05) is 38.0 Å². The SMILES string of the molecule is Cc1cn2c(NCc3cccc4c3CCO4)ncc(-c3cc(C)nn3C)c2n1. The minimum Gasteiger partial charge on any atom is -0.493 e. The number of nitrogens with one attached hydrogen (secondary N) is 1. The molecule has 0 aliphatic carbocycles. The van der Waals surface area contributed by atoms with Gasteiger partial charge in [-0.2, -0.15) is 5.10 Å². The van der Waals surface area contributed by atoms with E-state index in [9.17, 15) is 0 Å². The molecule has 0 atom stereocenters. The van der Waals surface area contributed by atoms with Crippen LogP contribution in [-0.2, 0) is 20.0 Å². The Hall–Kier alpha value is -3.35. The molecule has 1 aliphatic rings. The van der Waals surface area contributed by atoms with Crippen molar-refractivity contribution in [1.29, 1.82) is 0 Å². The molecule has 1 N–H and O–H groups in total. The first-order chi connectivity index (χ1) is 13.6. The number of nitrogens with zero attached hydrogens (tertiary/aromatic N) is 5. The predicted molar refractivity (Wildman–Crippen MR) is 108 cm³/mol. The molecule has 0 radical (unpaired) electrons. The van der Waals surface area contributed by atoms with Crippen LogP contribution in [0.1, 0.15) is 22.5 Å². The molecule has 4 heterocycles. The van der Waals surface area contributed by atoms with Gasteiger partial charge >= 0.3 is 0 Å². The van der Waals surface area contributed by atoms with Crippen molar-refractivity contribution < 1.29 is 4.74 Å². The van der Waals surface area contributed by atoms with Crippen molar-refractivity contribution in [2.24, 2.45) is 7.05 Å². The van der Waals surface area contributed by atoms with Crippen LogP contribution in [0.15, 0.2) is 36.7 Å². The number of aromatic nitrogens is 5. The summed E-state index contributed by atoms with van der Waals surface area (Å²) >= 11 is 0. The van der Waals surface area contributed by atoms with Crippen molar-refractivity contribution in [1.82, 2.24) is 24.1 Å². The van der Waals surface area contributed by atoms with Gasteiger partial charge in [-0.25, -0.2) is 9.97 Å². The van der Waals surface area contributed by atoms with Gasteiger partial charge in [-0.3, -0.25) is 9.08 Å². The molecule has 0 amide bonds. The highest BCUT2D eigenvalue weighted by atomic mass is 16.5. The van der Waals surface area contributed by atoms with Crippen LogP contribution in [-0.4, -0.2) is 30.8 Å². The second kappa shape index (κ2) is 6.37. The molecule has 142 valence electrons. The normalized spacial score (nSPS) is 13.0. The lowest BCUT2D eigenvalue weighted by atomic mass is 10.1. The Morgan fingerprint density at radius 2 is 2.11 bits per heavy atom. The van der Waals surface area contributed by atoms with Gasteiger partial charge < -0.3 is 10.1 Å². The zero-order valence-corrected chi connectivity index (χ0v) is 16.2. The molecule has 0 fully saturated rings. The standard InChI is InChI=1S/C21H22N6O/c1-13-9-18(26(3)25-13)17-11-23-21(27-12-14(2)24-20(17)27)22-10-15-5-4-6-19-16(15)7-8-28-19/h4-6,9,11-12H,7-8,10H2,1-3H3,(H,22,23). The van der Waals surface area contributed by atoms with Crippen LogP contribution in [0.3, 0.4) is 0 Å². The predicted octanol–water partition coefficient (Wildman–Crippen LogP) is 3.29. The fraction of sp³-hybridized carbons (Fsp3) is 0.286. The minimum atomic E-state index is 0.691. The average molecular weight is 374 g/mol. The number of rotatable bonds is 4. The van der Waals surface area contributed by atoms with Crippen LogP contribution >= 0.6 is 0 Å². The second-order valence-corrected chi connectivity index (χ2v) is 7.21. The molecule has 0 spiro atoms. The Kier molecular flexibility index (Phi) is 3.82. The van der Waals surface area contributed by atoms with Gasteiger partial charge in [0.05, 0.1) is 29.3 Å². The molecule has 0 saturated carbocycles. The maximum atomic E-state index is 5.68. The third kappa shape index (κ3) is 2.70. The maximum absolute atomic E-state index is 5.68. The molecule has 1 aromatic carbocycles. The minimum absolute atomic E-state index is 0.691. The maximum Gasteiger partial charge on any atom is 0.208 e. The van der Waals surface area contributed by atoms with Crippen LogP contribution < -0.4 is 10.1 Å². The van der Waals surface area contributed by atoms with E-state index in [0.717, 1.165) is 53.0 Å². The summed E-state index contributed by atoms with van der Waals surface area (Å²) in [5.74, 6) is 1.77. The molecular formula is C21H22N6O. The summed E-state index contributed by atoms with van der Waals surface area (Å²) in [4.78, 5) is 9.43. The molecule has 7 heteroatoms. The fourth-order valence-corrected chi connectivity index (χ4v) is 3.90. The number of hydrogen-bond donors (Lipinski definition) is 1. The van der Waals surface area contributed by atoms with Gasteiger partial charge in [0.25, 0.3) is 0 Å². The van der Waals surface area contributed by atoms with E-state index in [1.54, 1.807) is 0 Å². The number of imidazole rings is 1. The monoisotopic (exact) mass is 374 g/mol. The van der Waals surface area contributed by atoms with Gasteiger partial charge in [-0.15, -0.1) is 0 Å². The molecule has 1 aliphatic heterocycles. The Morgan fingerprint density at radius 3 is 2.93 bits per heavy atom. The number of hydrogen-bond acceptors (Lipinski definition) is 5. The molecule has 0 bridgehead atoms. The quantitative estimate of drug-likeness (QED) is 0.594. The van der Waals surface area contributed by atoms with E-state index >= 15 is 0 Å². The molecule has 3 aromatic heterocycles. The van der Waals surface area contributed by atoms with Crippen molar-refractivity contribution >= 4 is 11.6 Å². The first-order valence-corrected chi connectivity index (χ1v) is 9.43. The van der Waals surface area contributed by atoms with Crippen LogP contribution in [0.25, 0.3) is 16.9 Å².